The first-order chi connectivity index (χ1) is 13.7. The molecular weight excluding hydrogens is 370 g/mol. The second kappa shape index (κ2) is 7.04. The molecule has 1 amide bonds. The zero-order valence-electron chi connectivity index (χ0n) is 15.7. The Balaban J connectivity index is 1.36. The molecule has 2 aliphatic heterocycles. The standard InChI is InChI=1S/C22H21N3O2S/c1-25-9-7-16-12-19(28-20(16)13-25)22(26)24-21-4-2-3-17(23-21)14-5-6-18-15(11-14)8-10-27-18/h2-6,11-12H,7-10,13H2,1H3,(H,23,24,26). The third kappa shape index (κ3) is 3.30. The molecule has 3 aromatic rings. The van der Waals surface area contributed by atoms with Crippen LogP contribution in [0.2, 0.25) is 0 Å². The Morgan fingerprint density at radius 2 is 2.11 bits per heavy atom. The summed E-state index contributed by atoms with van der Waals surface area (Å²) in [5.74, 6) is 1.44. The van der Waals surface area contributed by atoms with E-state index in [0.717, 1.165) is 54.4 Å². The molecule has 0 aliphatic carbocycles. The molecule has 5 rings (SSSR count). The van der Waals surface area contributed by atoms with Crippen molar-refractivity contribution in [1.29, 1.82) is 0 Å². The highest BCUT2D eigenvalue weighted by molar-refractivity contribution is 7.14. The van der Waals surface area contributed by atoms with E-state index in [1.807, 2.05) is 36.4 Å². The summed E-state index contributed by atoms with van der Waals surface area (Å²) in [6, 6.07) is 13.9. The van der Waals surface area contributed by atoms with Crippen molar-refractivity contribution in [3.8, 4) is 17.0 Å². The minimum atomic E-state index is -0.0888. The summed E-state index contributed by atoms with van der Waals surface area (Å²) in [4.78, 5) is 21.7. The molecule has 0 spiro atoms. The van der Waals surface area contributed by atoms with Crippen molar-refractivity contribution in [2.45, 2.75) is 19.4 Å². The van der Waals surface area contributed by atoms with Gasteiger partial charge in [-0.3, -0.25) is 4.79 Å². The van der Waals surface area contributed by atoms with Crippen LogP contribution < -0.4 is 10.1 Å². The molecule has 1 N–H and O–H groups in total. The quantitative estimate of drug-likeness (QED) is 0.734. The molecule has 0 fully saturated rings. The van der Waals surface area contributed by atoms with Crippen LogP contribution >= 0.6 is 11.3 Å². The van der Waals surface area contributed by atoms with E-state index >= 15 is 0 Å². The van der Waals surface area contributed by atoms with Gasteiger partial charge in [0.25, 0.3) is 5.91 Å². The monoisotopic (exact) mass is 391 g/mol. The van der Waals surface area contributed by atoms with Crippen molar-refractivity contribution in [2.24, 2.45) is 0 Å². The Labute approximate surface area is 168 Å². The van der Waals surface area contributed by atoms with Gasteiger partial charge in [-0.1, -0.05) is 6.07 Å². The molecule has 0 saturated heterocycles. The number of hydrogen-bond acceptors (Lipinski definition) is 5. The van der Waals surface area contributed by atoms with E-state index in [1.165, 1.54) is 16.0 Å². The number of ether oxygens (including phenoxy) is 1. The summed E-state index contributed by atoms with van der Waals surface area (Å²) >= 11 is 1.59. The van der Waals surface area contributed by atoms with Crippen LogP contribution in [0.1, 0.15) is 25.7 Å². The smallest absolute Gasteiger partial charge is 0.266 e. The van der Waals surface area contributed by atoms with E-state index in [1.54, 1.807) is 11.3 Å². The van der Waals surface area contributed by atoms with Gasteiger partial charge < -0.3 is 15.0 Å². The minimum absolute atomic E-state index is 0.0888. The number of fused-ring (bicyclic) bond motifs is 2. The summed E-state index contributed by atoms with van der Waals surface area (Å²) in [7, 11) is 2.11. The van der Waals surface area contributed by atoms with Crippen LogP contribution in [-0.2, 0) is 19.4 Å². The first-order valence-electron chi connectivity index (χ1n) is 9.50. The molecule has 28 heavy (non-hydrogen) atoms. The molecule has 1 aromatic carbocycles. The fourth-order valence-corrected chi connectivity index (χ4v) is 4.94. The van der Waals surface area contributed by atoms with Crippen molar-refractivity contribution in [3.63, 3.8) is 0 Å². The van der Waals surface area contributed by atoms with Gasteiger partial charge in [0.05, 0.1) is 17.2 Å². The summed E-state index contributed by atoms with van der Waals surface area (Å²) in [6.45, 7) is 2.70. The maximum absolute atomic E-state index is 12.7. The van der Waals surface area contributed by atoms with E-state index in [0.29, 0.717) is 5.82 Å². The predicted molar refractivity (Wildman–Crippen MR) is 111 cm³/mol. The second-order valence-corrected chi connectivity index (χ2v) is 8.47. The number of rotatable bonds is 3. The van der Waals surface area contributed by atoms with Crippen molar-refractivity contribution >= 4 is 23.1 Å². The Morgan fingerprint density at radius 1 is 1.18 bits per heavy atom. The van der Waals surface area contributed by atoms with Crippen LogP contribution in [0.4, 0.5) is 5.82 Å². The zero-order valence-corrected chi connectivity index (χ0v) is 16.5. The summed E-state index contributed by atoms with van der Waals surface area (Å²) in [6.07, 6.45) is 1.93. The Hall–Kier alpha value is -2.70. The first kappa shape index (κ1) is 17.4. The third-order valence-electron chi connectivity index (χ3n) is 5.27. The van der Waals surface area contributed by atoms with E-state index in [4.69, 9.17) is 4.74 Å². The maximum Gasteiger partial charge on any atom is 0.266 e. The lowest BCUT2D eigenvalue weighted by atomic mass is 10.1. The fraction of sp³-hybridized carbons (Fsp3) is 0.273. The summed E-state index contributed by atoms with van der Waals surface area (Å²) in [5, 5.41) is 2.96. The zero-order chi connectivity index (χ0) is 19.1. The lowest BCUT2D eigenvalue weighted by Crippen LogP contribution is -2.24. The molecule has 0 atom stereocenters. The molecule has 0 radical (unpaired) electrons. The number of thiophene rings is 1. The number of nitrogens with one attached hydrogen (secondary N) is 1. The Morgan fingerprint density at radius 3 is 3.04 bits per heavy atom. The number of pyridine rings is 1. The fourth-order valence-electron chi connectivity index (χ4n) is 3.75. The average Bonchev–Trinajstić information content (AvgIpc) is 3.34. The van der Waals surface area contributed by atoms with Gasteiger partial charge in [0.15, 0.2) is 0 Å². The van der Waals surface area contributed by atoms with Gasteiger partial charge in [-0.15, -0.1) is 11.3 Å². The molecule has 5 nitrogen and oxygen atoms in total. The second-order valence-electron chi connectivity index (χ2n) is 7.33. The highest BCUT2D eigenvalue weighted by atomic mass is 32.1. The molecule has 142 valence electrons. The normalized spacial score (nSPS) is 15.6. The number of carbonyl (C=O) groups is 1. The number of hydrogen-bond donors (Lipinski definition) is 1. The van der Waals surface area contributed by atoms with Gasteiger partial charge in [-0.05, 0) is 61.0 Å². The average molecular weight is 391 g/mol. The number of benzene rings is 1. The molecule has 0 unspecified atom stereocenters. The van der Waals surface area contributed by atoms with Gasteiger partial charge in [0.2, 0.25) is 0 Å². The van der Waals surface area contributed by atoms with Crippen LogP contribution in [0.15, 0.2) is 42.5 Å². The lowest BCUT2D eigenvalue weighted by Gasteiger charge is -2.21. The Kier molecular flexibility index (Phi) is 4.37. The van der Waals surface area contributed by atoms with Crippen LogP contribution in [0, 0.1) is 0 Å². The van der Waals surface area contributed by atoms with E-state index in [9.17, 15) is 4.79 Å². The van der Waals surface area contributed by atoms with E-state index in [2.05, 4.69) is 28.3 Å². The molecule has 4 heterocycles. The third-order valence-corrected chi connectivity index (χ3v) is 6.43. The highest BCUT2D eigenvalue weighted by Crippen LogP contribution is 2.31. The number of likely N-dealkylation sites (N-methyl/N-ethyl adjacent to an activating group) is 1. The van der Waals surface area contributed by atoms with Crippen molar-refractivity contribution in [3.05, 3.63) is 63.3 Å². The molecule has 0 saturated carbocycles. The van der Waals surface area contributed by atoms with E-state index in [-0.39, 0.29) is 5.91 Å². The summed E-state index contributed by atoms with van der Waals surface area (Å²) in [5.41, 5.74) is 4.40. The van der Waals surface area contributed by atoms with Gasteiger partial charge in [0, 0.05) is 30.0 Å². The van der Waals surface area contributed by atoms with Gasteiger partial charge in [-0.2, -0.15) is 0 Å². The van der Waals surface area contributed by atoms with Gasteiger partial charge >= 0.3 is 0 Å². The number of carbonyl (C=O) groups excluding carboxylic acids is 1. The van der Waals surface area contributed by atoms with E-state index < -0.39 is 0 Å². The lowest BCUT2D eigenvalue weighted by molar-refractivity contribution is 0.103. The van der Waals surface area contributed by atoms with Crippen molar-refractivity contribution in [1.82, 2.24) is 9.88 Å². The highest BCUT2D eigenvalue weighted by Gasteiger charge is 2.20. The minimum Gasteiger partial charge on any atom is -0.493 e. The number of aromatic nitrogens is 1. The van der Waals surface area contributed by atoms with Crippen LogP contribution in [-0.4, -0.2) is 36.0 Å². The van der Waals surface area contributed by atoms with Crippen LogP contribution in [0.3, 0.4) is 0 Å². The molecule has 2 aromatic heterocycles. The predicted octanol–water partition coefficient (Wildman–Crippen LogP) is 3.99. The summed E-state index contributed by atoms with van der Waals surface area (Å²) < 4.78 is 5.58. The maximum atomic E-state index is 12.7. The molecule has 0 bridgehead atoms. The van der Waals surface area contributed by atoms with Gasteiger partial charge in [0.1, 0.15) is 11.6 Å². The van der Waals surface area contributed by atoms with Crippen LogP contribution in [0.25, 0.3) is 11.3 Å². The van der Waals surface area contributed by atoms with Crippen LogP contribution in [0.5, 0.6) is 5.75 Å². The van der Waals surface area contributed by atoms with Gasteiger partial charge in [-0.25, -0.2) is 4.98 Å². The number of nitrogens with zero attached hydrogens (tertiary/aromatic N) is 2. The Bertz CT molecular complexity index is 1060. The number of amides is 1. The molecule has 2 aliphatic rings. The first-order valence-corrected chi connectivity index (χ1v) is 10.3. The van der Waals surface area contributed by atoms with Crippen molar-refractivity contribution in [2.75, 3.05) is 25.5 Å². The SMILES string of the molecule is CN1CCc2cc(C(=O)Nc3cccc(-c4ccc5c(c4)CCO5)n3)sc2C1. The molecule has 6 heteroatoms. The number of anilines is 1. The van der Waals surface area contributed by atoms with Crippen molar-refractivity contribution < 1.29 is 9.53 Å². The largest absolute Gasteiger partial charge is 0.493 e. The molecular formula is C22H21N3O2S. The topological polar surface area (TPSA) is 54.5 Å².